The number of carbonyl (C=O) groups is 1. The molecule has 146 valence electrons. The molecule has 29 heavy (non-hydrogen) atoms. The maximum Gasteiger partial charge on any atom is 0.255 e. The van der Waals surface area contributed by atoms with Crippen LogP contribution in [0.15, 0.2) is 60.8 Å². The monoisotopic (exact) mass is 387 g/mol. The zero-order valence-corrected chi connectivity index (χ0v) is 16.3. The average molecular weight is 387 g/mol. The Bertz CT molecular complexity index is 1110. The lowest BCUT2D eigenvalue weighted by Gasteiger charge is -2.05. The number of aryl methyl sites for hydroxylation is 2. The van der Waals surface area contributed by atoms with Gasteiger partial charge in [0, 0.05) is 18.8 Å². The Morgan fingerprint density at radius 2 is 1.83 bits per heavy atom. The van der Waals surface area contributed by atoms with Gasteiger partial charge >= 0.3 is 0 Å². The highest BCUT2D eigenvalue weighted by Gasteiger charge is 2.18. The van der Waals surface area contributed by atoms with E-state index < -0.39 is 0 Å². The lowest BCUT2D eigenvalue weighted by Crippen LogP contribution is -2.24. The van der Waals surface area contributed by atoms with Crippen LogP contribution in [0, 0.1) is 6.92 Å². The van der Waals surface area contributed by atoms with Crippen molar-refractivity contribution in [3.05, 3.63) is 83.3 Å². The molecule has 0 aliphatic rings. The summed E-state index contributed by atoms with van der Waals surface area (Å²) in [6.07, 6.45) is 1.78. The largest absolute Gasteiger partial charge is 0.345 e. The quantitative estimate of drug-likeness (QED) is 0.548. The molecule has 1 N–H and O–H groups in total. The molecule has 4 aromatic rings. The summed E-state index contributed by atoms with van der Waals surface area (Å²) in [5.74, 6) is 0.356. The van der Waals surface area contributed by atoms with Crippen molar-refractivity contribution >= 4 is 5.91 Å². The third-order valence-corrected chi connectivity index (χ3v) is 4.63. The highest BCUT2D eigenvalue weighted by Crippen LogP contribution is 2.23. The van der Waals surface area contributed by atoms with Gasteiger partial charge in [0.25, 0.3) is 5.91 Å². The Morgan fingerprint density at radius 1 is 1.07 bits per heavy atom. The average Bonchev–Trinajstić information content (AvgIpc) is 3.34. The normalized spacial score (nSPS) is 10.8. The molecule has 8 nitrogen and oxygen atoms in total. The summed E-state index contributed by atoms with van der Waals surface area (Å²) in [4.78, 5) is 12.9. The van der Waals surface area contributed by atoms with Crippen LogP contribution in [0.3, 0.4) is 0 Å². The number of nitrogens with zero attached hydrogens (tertiary/aromatic N) is 6. The summed E-state index contributed by atoms with van der Waals surface area (Å²) in [5.41, 5.74) is 4.32. The van der Waals surface area contributed by atoms with Gasteiger partial charge in [-0.25, -0.2) is 4.68 Å². The van der Waals surface area contributed by atoms with Gasteiger partial charge in [-0.1, -0.05) is 60.2 Å². The topological polar surface area (TPSA) is 90.5 Å². The van der Waals surface area contributed by atoms with Crippen molar-refractivity contribution in [2.45, 2.75) is 20.0 Å². The van der Waals surface area contributed by atoms with Crippen LogP contribution in [0.1, 0.15) is 27.3 Å². The molecule has 2 aromatic heterocycles. The van der Waals surface area contributed by atoms with Gasteiger partial charge in [-0.3, -0.25) is 9.48 Å². The minimum atomic E-state index is -0.220. The summed E-state index contributed by atoms with van der Waals surface area (Å²) in [5, 5.41) is 18.9. The number of aromatic nitrogens is 6. The molecule has 0 atom stereocenters. The standard InChI is InChI=1S/C21H21N7O/c1-15-8-10-17(11-9-15)20-18(21(29)22-12-19-23-25-26-27(19)2)14-28(24-20)13-16-6-4-3-5-7-16/h3-11,14H,12-13H2,1-2H3,(H,22,29). The van der Waals surface area contributed by atoms with E-state index in [1.807, 2.05) is 61.5 Å². The van der Waals surface area contributed by atoms with Crippen LogP contribution in [-0.4, -0.2) is 35.9 Å². The number of nitrogens with one attached hydrogen (secondary N) is 1. The first-order valence-corrected chi connectivity index (χ1v) is 9.28. The number of carbonyl (C=O) groups excluding carboxylic acids is 1. The summed E-state index contributed by atoms with van der Waals surface area (Å²) >= 11 is 0. The van der Waals surface area contributed by atoms with Crippen molar-refractivity contribution in [2.75, 3.05) is 0 Å². The van der Waals surface area contributed by atoms with Crippen LogP contribution in [0.4, 0.5) is 0 Å². The Balaban J connectivity index is 1.63. The van der Waals surface area contributed by atoms with Crippen LogP contribution in [0.2, 0.25) is 0 Å². The molecule has 0 aliphatic heterocycles. The van der Waals surface area contributed by atoms with Gasteiger partial charge in [0.1, 0.15) is 5.69 Å². The van der Waals surface area contributed by atoms with Gasteiger partial charge in [-0.2, -0.15) is 5.10 Å². The van der Waals surface area contributed by atoms with Gasteiger partial charge in [0.05, 0.1) is 18.7 Å². The predicted octanol–water partition coefficient (Wildman–Crippen LogP) is 2.36. The molecule has 0 bridgehead atoms. The van der Waals surface area contributed by atoms with Crippen LogP contribution in [-0.2, 0) is 20.1 Å². The molecule has 2 heterocycles. The lowest BCUT2D eigenvalue weighted by atomic mass is 10.1. The van der Waals surface area contributed by atoms with Crippen LogP contribution in [0.25, 0.3) is 11.3 Å². The summed E-state index contributed by atoms with van der Waals surface area (Å²) in [7, 11) is 1.73. The number of hydrogen-bond acceptors (Lipinski definition) is 5. The van der Waals surface area contributed by atoms with Gasteiger partial charge in [0.15, 0.2) is 5.82 Å². The molecule has 0 radical (unpaired) electrons. The fourth-order valence-corrected chi connectivity index (χ4v) is 3.02. The zero-order chi connectivity index (χ0) is 20.2. The highest BCUT2D eigenvalue weighted by atomic mass is 16.1. The molecule has 0 saturated carbocycles. The lowest BCUT2D eigenvalue weighted by molar-refractivity contribution is 0.0950. The minimum absolute atomic E-state index is 0.220. The SMILES string of the molecule is Cc1ccc(-c2nn(Cc3ccccc3)cc2C(=O)NCc2nnnn2C)cc1. The predicted molar refractivity (Wildman–Crippen MR) is 108 cm³/mol. The smallest absolute Gasteiger partial charge is 0.255 e. The van der Waals surface area contributed by atoms with E-state index in [0.717, 1.165) is 16.7 Å². The second-order valence-corrected chi connectivity index (χ2v) is 6.84. The molecule has 0 fully saturated rings. The molecular formula is C21H21N7O. The van der Waals surface area contributed by atoms with E-state index in [4.69, 9.17) is 5.10 Å². The van der Waals surface area contributed by atoms with E-state index in [2.05, 4.69) is 20.8 Å². The Kier molecular flexibility index (Phi) is 5.15. The molecular weight excluding hydrogens is 366 g/mol. The van der Waals surface area contributed by atoms with Crippen LogP contribution < -0.4 is 5.32 Å². The van der Waals surface area contributed by atoms with Crippen molar-refractivity contribution in [1.82, 2.24) is 35.3 Å². The molecule has 4 rings (SSSR count). The summed E-state index contributed by atoms with van der Waals surface area (Å²) in [6, 6.07) is 18.0. The maximum absolute atomic E-state index is 12.9. The summed E-state index contributed by atoms with van der Waals surface area (Å²) in [6.45, 7) is 2.85. The number of hydrogen-bond donors (Lipinski definition) is 1. The van der Waals surface area contributed by atoms with Gasteiger partial charge in [-0.05, 0) is 22.9 Å². The zero-order valence-electron chi connectivity index (χ0n) is 16.3. The third kappa shape index (κ3) is 4.21. The van der Waals surface area contributed by atoms with E-state index in [1.54, 1.807) is 17.9 Å². The molecule has 0 spiro atoms. The van der Waals surface area contributed by atoms with E-state index in [-0.39, 0.29) is 12.5 Å². The van der Waals surface area contributed by atoms with Crippen molar-refractivity contribution < 1.29 is 4.79 Å². The van der Waals surface area contributed by atoms with Gasteiger partial charge in [0.2, 0.25) is 0 Å². The van der Waals surface area contributed by atoms with Gasteiger partial charge < -0.3 is 5.32 Å². The second-order valence-electron chi connectivity index (χ2n) is 6.84. The van der Waals surface area contributed by atoms with Crippen molar-refractivity contribution in [2.24, 2.45) is 7.05 Å². The molecule has 0 unspecified atom stereocenters. The third-order valence-electron chi connectivity index (χ3n) is 4.63. The van der Waals surface area contributed by atoms with E-state index in [0.29, 0.717) is 23.6 Å². The molecule has 0 aliphatic carbocycles. The van der Waals surface area contributed by atoms with Crippen molar-refractivity contribution in [3.63, 3.8) is 0 Å². The fraction of sp³-hybridized carbons (Fsp3) is 0.190. The molecule has 2 aromatic carbocycles. The van der Waals surface area contributed by atoms with Crippen molar-refractivity contribution in [1.29, 1.82) is 0 Å². The van der Waals surface area contributed by atoms with Crippen LogP contribution in [0.5, 0.6) is 0 Å². The fourth-order valence-electron chi connectivity index (χ4n) is 3.02. The number of tetrazole rings is 1. The first kappa shape index (κ1) is 18.5. The van der Waals surface area contributed by atoms with E-state index in [1.165, 1.54) is 4.68 Å². The first-order valence-electron chi connectivity index (χ1n) is 9.28. The highest BCUT2D eigenvalue weighted by molar-refractivity contribution is 5.99. The molecule has 8 heteroatoms. The molecule has 1 amide bonds. The van der Waals surface area contributed by atoms with Gasteiger partial charge in [-0.15, -0.1) is 5.10 Å². The van der Waals surface area contributed by atoms with Crippen molar-refractivity contribution in [3.8, 4) is 11.3 Å². The van der Waals surface area contributed by atoms with E-state index in [9.17, 15) is 4.79 Å². The number of amides is 1. The first-order chi connectivity index (χ1) is 14.1. The van der Waals surface area contributed by atoms with Crippen LogP contribution >= 0.6 is 0 Å². The number of benzene rings is 2. The molecule has 0 saturated heterocycles. The van der Waals surface area contributed by atoms with E-state index >= 15 is 0 Å². The Labute approximate surface area is 168 Å². The summed E-state index contributed by atoms with van der Waals surface area (Å²) < 4.78 is 3.32. The second kappa shape index (κ2) is 8.05. The number of rotatable bonds is 6. The Hall–Kier alpha value is -3.81. The maximum atomic E-state index is 12.9. The minimum Gasteiger partial charge on any atom is -0.345 e. The Morgan fingerprint density at radius 3 is 2.52 bits per heavy atom.